The number of halogens is 2. The van der Waals surface area contributed by atoms with Gasteiger partial charge in [-0.1, -0.05) is 34.2 Å². The molecule has 0 aliphatic carbocycles. The van der Waals surface area contributed by atoms with Crippen LogP contribution in [-0.4, -0.2) is 4.05 Å². The van der Waals surface area contributed by atoms with Gasteiger partial charge in [-0.3, -0.25) is 0 Å². The van der Waals surface area contributed by atoms with Crippen molar-refractivity contribution in [2.75, 3.05) is 5.32 Å². The van der Waals surface area contributed by atoms with Crippen molar-refractivity contribution in [2.24, 2.45) is 0 Å². The van der Waals surface area contributed by atoms with E-state index in [2.05, 4.69) is 34.8 Å². The highest BCUT2D eigenvalue weighted by Gasteiger charge is 2.00. The van der Waals surface area contributed by atoms with Crippen LogP contribution in [0.5, 0.6) is 0 Å². The van der Waals surface area contributed by atoms with E-state index in [0.717, 1.165) is 10.7 Å². The molecule has 1 nitrogen and oxygen atoms in total. The number of hydrogen-bond acceptors (Lipinski definition) is 1. The molecule has 3 heteroatoms. The molecule has 0 amide bonds. The second kappa shape index (κ2) is 4.33. The van der Waals surface area contributed by atoms with Gasteiger partial charge in [-0.25, -0.2) is 0 Å². The molecule has 0 aliphatic rings. The van der Waals surface area contributed by atoms with Gasteiger partial charge >= 0.3 is 0 Å². The number of anilines is 1. The van der Waals surface area contributed by atoms with Crippen LogP contribution < -0.4 is 5.32 Å². The standard InChI is InChI=1S/C9H11ClIN/c1-6-5-8(10)3-4-9(6)12-7(2)11/h3-5,7,12H,1-2H3. The first-order valence-electron chi connectivity index (χ1n) is 3.76. The minimum absolute atomic E-state index is 0.433. The van der Waals surface area contributed by atoms with Crippen molar-refractivity contribution in [2.45, 2.75) is 17.9 Å². The van der Waals surface area contributed by atoms with E-state index in [1.165, 1.54) is 5.56 Å². The van der Waals surface area contributed by atoms with Crippen LogP contribution in [0.4, 0.5) is 5.69 Å². The Balaban J connectivity index is 2.86. The second-order valence-corrected chi connectivity index (χ2v) is 5.02. The maximum Gasteiger partial charge on any atom is 0.0753 e. The van der Waals surface area contributed by atoms with Crippen LogP contribution in [-0.2, 0) is 0 Å². The lowest BCUT2D eigenvalue weighted by molar-refractivity contribution is 1.16. The molecule has 0 aliphatic heterocycles. The first-order chi connectivity index (χ1) is 5.59. The molecule has 1 aromatic carbocycles. The van der Waals surface area contributed by atoms with E-state index in [4.69, 9.17) is 11.6 Å². The van der Waals surface area contributed by atoms with Gasteiger partial charge in [-0.2, -0.15) is 0 Å². The Bertz CT molecular complexity index is 273. The molecule has 0 radical (unpaired) electrons. The monoisotopic (exact) mass is 295 g/mol. The van der Waals surface area contributed by atoms with Crippen LogP contribution in [0.2, 0.25) is 5.02 Å². The highest BCUT2D eigenvalue weighted by atomic mass is 127. The summed E-state index contributed by atoms with van der Waals surface area (Å²) in [7, 11) is 0. The number of hydrogen-bond donors (Lipinski definition) is 1. The highest BCUT2D eigenvalue weighted by molar-refractivity contribution is 14.1. The van der Waals surface area contributed by atoms with Crippen molar-refractivity contribution >= 4 is 39.9 Å². The lowest BCUT2D eigenvalue weighted by atomic mass is 10.2. The fourth-order valence-corrected chi connectivity index (χ4v) is 1.57. The normalized spacial score (nSPS) is 12.7. The molecule has 1 atom stereocenters. The Morgan fingerprint density at radius 2 is 2.17 bits per heavy atom. The summed E-state index contributed by atoms with van der Waals surface area (Å²) < 4.78 is 0.433. The van der Waals surface area contributed by atoms with Crippen LogP contribution >= 0.6 is 34.2 Å². The van der Waals surface area contributed by atoms with Crippen LogP contribution in [0.1, 0.15) is 12.5 Å². The zero-order valence-corrected chi connectivity index (χ0v) is 9.98. The minimum Gasteiger partial charge on any atom is -0.373 e. The molecule has 1 rings (SSSR count). The Hall–Kier alpha value is 0.0400. The average Bonchev–Trinajstić information content (AvgIpc) is 1.94. The summed E-state index contributed by atoms with van der Waals surface area (Å²) in [6, 6.07) is 5.87. The van der Waals surface area contributed by atoms with Crippen LogP contribution in [0.3, 0.4) is 0 Å². The van der Waals surface area contributed by atoms with Crippen molar-refractivity contribution < 1.29 is 0 Å². The van der Waals surface area contributed by atoms with Crippen molar-refractivity contribution in [1.29, 1.82) is 0 Å². The summed E-state index contributed by atoms with van der Waals surface area (Å²) in [5.41, 5.74) is 2.34. The van der Waals surface area contributed by atoms with E-state index in [0.29, 0.717) is 4.05 Å². The van der Waals surface area contributed by atoms with Gasteiger partial charge in [-0.05, 0) is 37.6 Å². The maximum atomic E-state index is 5.82. The van der Waals surface area contributed by atoms with Gasteiger partial charge < -0.3 is 5.32 Å². The van der Waals surface area contributed by atoms with Crippen molar-refractivity contribution in [3.8, 4) is 0 Å². The molecule has 0 saturated carbocycles. The van der Waals surface area contributed by atoms with Crippen molar-refractivity contribution in [1.82, 2.24) is 0 Å². The first kappa shape index (κ1) is 10.1. The Morgan fingerprint density at radius 1 is 1.50 bits per heavy atom. The zero-order valence-electron chi connectivity index (χ0n) is 7.07. The second-order valence-electron chi connectivity index (χ2n) is 2.72. The van der Waals surface area contributed by atoms with Crippen molar-refractivity contribution in [3.63, 3.8) is 0 Å². The molecule has 0 fully saturated rings. The summed E-state index contributed by atoms with van der Waals surface area (Å²) in [5.74, 6) is 0. The maximum absolute atomic E-state index is 5.82. The van der Waals surface area contributed by atoms with E-state index in [1.807, 2.05) is 25.1 Å². The zero-order chi connectivity index (χ0) is 9.14. The van der Waals surface area contributed by atoms with E-state index < -0.39 is 0 Å². The van der Waals surface area contributed by atoms with E-state index in [9.17, 15) is 0 Å². The van der Waals surface area contributed by atoms with Gasteiger partial charge in [0.1, 0.15) is 0 Å². The lowest BCUT2D eigenvalue weighted by Gasteiger charge is -2.11. The van der Waals surface area contributed by atoms with E-state index >= 15 is 0 Å². The van der Waals surface area contributed by atoms with Crippen LogP contribution in [0.25, 0.3) is 0 Å². The van der Waals surface area contributed by atoms with Gasteiger partial charge in [0.15, 0.2) is 0 Å². The number of nitrogens with one attached hydrogen (secondary N) is 1. The smallest absolute Gasteiger partial charge is 0.0753 e. The first-order valence-corrected chi connectivity index (χ1v) is 5.38. The van der Waals surface area contributed by atoms with Gasteiger partial charge in [0.25, 0.3) is 0 Å². The fraction of sp³-hybridized carbons (Fsp3) is 0.333. The topological polar surface area (TPSA) is 12.0 Å². The van der Waals surface area contributed by atoms with Crippen LogP contribution in [0, 0.1) is 6.92 Å². The Kier molecular flexibility index (Phi) is 3.65. The molecule has 0 aromatic heterocycles. The van der Waals surface area contributed by atoms with Gasteiger partial charge in [-0.15, -0.1) is 0 Å². The molecule has 0 spiro atoms. The predicted octanol–water partition coefficient (Wildman–Crippen LogP) is 3.84. The Morgan fingerprint density at radius 3 is 2.67 bits per heavy atom. The number of rotatable bonds is 2. The molecule has 0 bridgehead atoms. The highest BCUT2D eigenvalue weighted by Crippen LogP contribution is 2.20. The Labute approximate surface area is 91.6 Å². The molecule has 1 unspecified atom stereocenters. The fourth-order valence-electron chi connectivity index (χ4n) is 1.00. The molecular formula is C9H11ClIN. The lowest BCUT2D eigenvalue weighted by Crippen LogP contribution is -2.06. The third-order valence-electron chi connectivity index (χ3n) is 1.54. The third kappa shape index (κ3) is 2.83. The largest absolute Gasteiger partial charge is 0.373 e. The van der Waals surface area contributed by atoms with Gasteiger partial charge in [0.2, 0.25) is 0 Å². The molecule has 1 N–H and O–H groups in total. The third-order valence-corrected chi connectivity index (χ3v) is 2.09. The van der Waals surface area contributed by atoms with E-state index in [-0.39, 0.29) is 0 Å². The average molecular weight is 296 g/mol. The van der Waals surface area contributed by atoms with Gasteiger partial charge in [0.05, 0.1) is 4.05 Å². The predicted molar refractivity (Wildman–Crippen MR) is 63.3 cm³/mol. The molecular weight excluding hydrogens is 284 g/mol. The van der Waals surface area contributed by atoms with Crippen LogP contribution in [0.15, 0.2) is 18.2 Å². The molecule has 1 aromatic rings. The van der Waals surface area contributed by atoms with E-state index in [1.54, 1.807) is 0 Å². The van der Waals surface area contributed by atoms with Gasteiger partial charge in [0, 0.05) is 10.7 Å². The number of aryl methyl sites for hydroxylation is 1. The summed E-state index contributed by atoms with van der Waals surface area (Å²) in [6.45, 7) is 4.15. The molecule has 66 valence electrons. The summed E-state index contributed by atoms with van der Waals surface area (Å²) in [5, 5.41) is 4.12. The van der Waals surface area contributed by atoms with Crippen molar-refractivity contribution in [3.05, 3.63) is 28.8 Å². The SMILES string of the molecule is Cc1cc(Cl)ccc1NC(C)I. The molecule has 0 heterocycles. The number of alkyl halides is 1. The summed E-state index contributed by atoms with van der Waals surface area (Å²) in [4.78, 5) is 0. The molecule has 0 saturated heterocycles. The minimum atomic E-state index is 0.433. The quantitative estimate of drug-likeness (QED) is 0.496. The number of benzene rings is 1. The molecule has 12 heavy (non-hydrogen) atoms. The summed E-state index contributed by atoms with van der Waals surface area (Å²) in [6.07, 6.45) is 0. The summed E-state index contributed by atoms with van der Waals surface area (Å²) >= 11 is 8.15.